The molecule has 114 valence electrons. The number of nitrogens with one attached hydrogen (secondary N) is 1. The maximum absolute atomic E-state index is 11.9. The highest BCUT2D eigenvalue weighted by Gasteiger charge is 2.29. The topological polar surface area (TPSA) is 75.4 Å². The van der Waals surface area contributed by atoms with E-state index < -0.39 is 0 Å². The van der Waals surface area contributed by atoms with E-state index in [1.807, 2.05) is 4.90 Å². The first-order valence-electron chi connectivity index (χ1n) is 7.92. The summed E-state index contributed by atoms with van der Waals surface area (Å²) < 4.78 is 0. The summed E-state index contributed by atoms with van der Waals surface area (Å²) in [5, 5.41) is 2.84. The van der Waals surface area contributed by atoms with Gasteiger partial charge in [0.1, 0.15) is 0 Å². The summed E-state index contributed by atoms with van der Waals surface area (Å²) in [7, 11) is 0. The van der Waals surface area contributed by atoms with Crippen molar-refractivity contribution in [2.75, 3.05) is 19.6 Å². The van der Waals surface area contributed by atoms with Crippen LogP contribution in [0.4, 0.5) is 0 Å². The van der Waals surface area contributed by atoms with Gasteiger partial charge in [-0.1, -0.05) is 19.3 Å². The number of hydrogen-bond acceptors (Lipinski definition) is 3. The Labute approximate surface area is 121 Å². The molecule has 2 amide bonds. The Bertz CT molecular complexity index is 345. The molecule has 0 aromatic rings. The first-order valence-corrected chi connectivity index (χ1v) is 7.92. The van der Waals surface area contributed by atoms with Crippen molar-refractivity contribution in [3.05, 3.63) is 0 Å². The van der Waals surface area contributed by atoms with Crippen molar-refractivity contribution in [2.24, 2.45) is 5.73 Å². The largest absolute Gasteiger partial charge is 0.356 e. The van der Waals surface area contributed by atoms with Crippen molar-refractivity contribution in [3.63, 3.8) is 0 Å². The molecule has 2 aliphatic rings. The minimum Gasteiger partial charge on any atom is -0.356 e. The summed E-state index contributed by atoms with van der Waals surface area (Å²) in [6, 6.07) is 0. The highest BCUT2D eigenvalue weighted by atomic mass is 16.2. The van der Waals surface area contributed by atoms with Gasteiger partial charge in [0.05, 0.1) is 0 Å². The van der Waals surface area contributed by atoms with Crippen LogP contribution in [-0.4, -0.2) is 41.9 Å². The molecule has 0 aromatic heterocycles. The summed E-state index contributed by atoms with van der Waals surface area (Å²) in [5.74, 6) is 0.145. The highest BCUT2D eigenvalue weighted by Crippen LogP contribution is 2.28. The minimum atomic E-state index is -0.318. The molecule has 1 heterocycles. The summed E-state index contributed by atoms with van der Waals surface area (Å²) >= 11 is 0. The molecule has 0 aromatic carbocycles. The first kappa shape index (κ1) is 15.3. The van der Waals surface area contributed by atoms with Crippen LogP contribution in [0.15, 0.2) is 0 Å². The molecule has 0 bridgehead atoms. The van der Waals surface area contributed by atoms with Gasteiger partial charge in [-0.05, 0) is 25.7 Å². The van der Waals surface area contributed by atoms with Gasteiger partial charge in [0.2, 0.25) is 11.8 Å². The molecule has 2 fully saturated rings. The maximum atomic E-state index is 11.9. The van der Waals surface area contributed by atoms with Crippen LogP contribution < -0.4 is 11.1 Å². The van der Waals surface area contributed by atoms with Crippen LogP contribution in [0.2, 0.25) is 0 Å². The van der Waals surface area contributed by atoms with Gasteiger partial charge in [-0.2, -0.15) is 0 Å². The van der Waals surface area contributed by atoms with E-state index in [1.165, 1.54) is 6.42 Å². The van der Waals surface area contributed by atoms with Gasteiger partial charge in [0.25, 0.3) is 0 Å². The third kappa shape index (κ3) is 4.47. The van der Waals surface area contributed by atoms with Gasteiger partial charge >= 0.3 is 0 Å². The van der Waals surface area contributed by atoms with Crippen LogP contribution in [0.3, 0.4) is 0 Å². The van der Waals surface area contributed by atoms with Gasteiger partial charge in [-0.25, -0.2) is 0 Å². The van der Waals surface area contributed by atoms with E-state index in [1.54, 1.807) is 0 Å². The molecule has 5 heteroatoms. The van der Waals surface area contributed by atoms with Gasteiger partial charge in [0, 0.05) is 38.0 Å². The van der Waals surface area contributed by atoms with Crippen LogP contribution in [0, 0.1) is 0 Å². The molecule has 0 atom stereocenters. The summed E-state index contributed by atoms with van der Waals surface area (Å²) in [4.78, 5) is 25.6. The molecule has 3 N–H and O–H groups in total. The molecular weight excluding hydrogens is 254 g/mol. The Kier molecular flexibility index (Phi) is 5.40. The molecule has 0 unspecified atom stereocenters. The fraction of sp³-hybridized carbons (Fsp3) is 0.867. The Morgan fingerprint density at radius 3 is 2.35 bits per heavy atom. The predicted molar refractivity (Wildman–Crippen MR) is 78.1 cm³/mol. The van der Waals surface area contributed by atoms with E-state index in [2.05, 4.69) is 5.32 Å². The van der Waals surface area contributed by atoms with Crippen LogP contribution in [0.5, 0.6) is 0 Å². The van der Waals surface area contributed by atoms with Crippen molar-refractivity contribution in [2.45, 2.75) is 63.3 Å². The monoisotopic (exact) mass is 281 g/mol. The number of nitrogens with two attached hydrogens (primary N) is 1. The van der Waals surface area contributed by atoms with E-state index in [9.17, 15) is 9.59 Å². The average Bonchev–Trinajstić information content (AvgIpc) is 2.92. The number of nitrogens with zero attached hydrogens (tertiary/aromatic N) is 1. The quantitative estimate of drug-likeness (QED) is 0.794. The first-order chi connectivity index (χ1) is 9.59. The van der Waals surface area contributed by atoms with Gasteiger partial charge in [0.15, 0.2) is 0 Å². The van der Waals surface area contributed by atoms with Crippen LogP contribution in [-0.2, 0) is 9.59 Å². The van der Waals surface area contributed by atoms with Crippen molar-refractivity contribution in [1.29, 1.82) is 0 Å². The molecule has 1 aliphatic carbocycles. The highest BCUT2D eigenvalue weighted by molar-refractivity contribution is 5.79. The Hall–Kier alpha value is -1.10. The van der Waals surface area contributed by atoms with E-state index in [4.69, 9.17) is 5.73 Å². The minimum absolute atomic E-state index is 0.0105. The molecule has 5 nitrogen and oxygen atoms in total. The van der Waals surface area contributed by atoms with Crippen LogP contribution in [0.25, 0.3) is 0 Å². The number of hydrogen-bond donors (Lipinski definition) is 2. The number of carbonyl (C=O) groups excluding carboxylic acids is 2. The third-order valence-corrected chi connectivity index (χ3v) is 4.48. The van der Waals surface area contributed by atoms with Crippen molar-refractivity contribution < 1.29 is 9.59 Å². The second-order valence-electron chi connectivity index (χ2n) is 6.29. The van der Waals surface area contributed by atoms with Gasteiger partial charge < -0.3 is 16.0 Å². The van der Waals surface area contributed by atoms with Gasteiger partial charge in [-0.15, -0.1) is 0 Å². The lowest BCUT2D eigenvalue weighted by molar-refractivity contribution is -0.130. The lowest BCUT2D eigenvalue weighted by Crippen LogP contribution is -2.46. The number of rotatable bonds is 5. The second-order valence-corrected chi connectivity index (χ2v) is 6.29. The summed E-state index contributed by atoms with van der Waals surface area (Å²) in [6.07, 6.45) is 8.36. The third-order valence-electron chi connectivity index (χ3n) is 4.48. The molecule has 1 saturated carbocycles. The zero-order chi connectivity index (χ0) is 14.4. The van der Waals surface area contributed by atoms with E-state index in [-0.39, 0.29) is 17.4 Å². The lowest BCUT2D eigenvalue weighted by Gasteiger charge is -2.32. The normalized spacial score (nSPS) is 21.8. The Balaban J connectivity index is 1.63. The average molecular weight is 281 g/mol. The fourth-order valence-corrected chi connectivity index (χ4v) is 3.25. The lowest BCUT2D eigenvalue weighted by atomic mass is 9.80. The van der Waals surface area contributed by atoms with Crippen LogP contribution >= 0.6 is 0 Å². The van der Waals surface area contributed by atoms with E-state index >= 15 is 0 Å². The number of likely N-dealkylation sites (tertiary alicyclic amines) is 1. The maximum Gasteiger partial charge on any atom is 0.224 e. The molecule has 20 heavy (non-hydrogen) atoms. The number of carbonyl (C=O) groups is 2. The fourth-order valence-electron chi connectivity index (χ4n) is 3.25. The smallest absolute Gasteiger partial charge is 0.224 e. The second kappa shape index (κ2) is 7.07. The zero-order valence-electron chi connectivity index (χ0n) is 12.3. The number of amides is 2. The predicted octanol–water partition coefficient (Wildman–Crippen LogP) is 1.17. The summed E-state index contributed by atoms with van der Waals surface area (Å²) in [6.45, 7) is 2.18. The van der Waals surface area contributed by atoms with Crippen molar-refractivity contribution in [1.82, 2.24) is 10.2 Å². The molecule has 1 saturated heterocycles. The van der Waals surface area contributed by atoms with Gasteiger partial charge in [-0.3, -0.25) is 9.59 Å². The van der Waals surface area contributed by atoms with Crippen LogP contribution in [0.1, 0.15) is 57.8 Å². The summed E-state index contributed by atoms with van der Waals surface area (Å²) in [5.41, 5.74) is 5.94. The standard InChI is InChI=1S/C15H27N3O2/c16-15(7-2-1-3-8-15)12-13(19)17-9-6-14(20)18-10-4-5-11-18/h1-12,16H2,(H,17,19). The molecule has 0 radical (unpaired) electrons. The van der Waals surface area contributed by atoms with E-state index in [0.29, 0.717) is 19.4 Å². The van der Waals surface area contributed by atoms with E-state index in [0.717, 1.165) is 51.6 Å². The Morgan fingerprint density at radius 1 is 1.05 bits per heavy atom. The molecule has 1 aliphatic heterocycles. The van der Waals surface area contributed by atoms with Crippen molar-refractivity contribution in [3.8, 4) is 0 Å². The molecular formula is C15H27N3O2. The molecule has 0 spiro atoms. The zero-order valence-corrected chi connectivity index (χ0v) is 12.3. The Morgan fingerprint density at radius 2 is 1.70 bits per heavy atom. The molecule has 2 rings (SSSR count). The van der Waals surface area contributed by atoms with Crippen molar-refractivity contribution >= 4 is 11.8 Å². The SMILES string of the molecule is NC1(CC(=O)NCCC(=O)N2CCCC2)CCCCC1.